The maximum atomic E-state index is 12.7. The number of benzene rings is 2. The molecular weight excluding hydrogens is 436 g/mol. The summed E-state index contributed by atoms with van der Waals surface area (Å²) in [5.74, 6) is -1.26. The zero-order valence-electron chi connectivity index (χ0n) is 18.3. The molecule has 3 N–H and O–H groups in total. The number of para-hydroxylation sites is 1. The first-order valence-corrected chi connectivity index (χ1v) is 11.8. The fourth-order valence-electron chi connectivity index (χ4n) is 2.71. The normalized spacial score (nSPS) is 12.0. The lowest BCUT2D eigenvalue weighted by molar-refractivity contribution is -0.152. The number of nitrogens with one attached hydrogen (secondary N) is 1. The second-order valence-corrected chi connectivity index (χ2v) is 8.42. The van der Waals surface area contributed by atoms with Crippen LogP contribution >= 0.6 is 0 Å². The molecule has 0 saturated heterocycles. The SMILES string of the molecule is CCCCNc1cc(C(=O)O[C@@H](C)C(=O)OCC)cc(S(N)(=O)=O)c1Oc1ccccc1. The number of anilines is 1. The molecule has 0 saturated carbocycles. The van der Waals surface area contributed by atoms with Crippen LogP contribution in [0.25, 0.3) is 0 Å². The van der Waals surface area contributed by atoms with Gasteiger partial charge in [-0.05, 0) is 44.5 Å². The summed E-state index contributed by atoms with van der Waals surface area (Å²) >= 11 is 0. The summed E-state index contributed by atoms with van der Waals surface area (Å²) in [5.41, 5.74) is 0.147. The molecule has 0 heterocycles. The number of hydrogen-bond acceptors (Lipinski definition) is 8. The van der Waals surface area contributed by atoms with E-state index in [1.54, 1.807) is 37.3 Å². The van der Waals surface area contributed by atoms with E-state index in [4.69, 9.17) is 19.3 Å². The fraction of sp³-hybridized carbons (Fsp3) is 0.364. The molecule has 0 aliphatic carbocycles. The average molecular weight is 465 g/mol. The van der Waals surface area contributed by atoms with Crippen LogP contribution in [0.4, 0.5) is 5.69 Å². The maximum absolute atomic E-state index is 12.7. The van der Waals surface area contributed by atoms with E-state index in [0.29, 0.717) is 12.3 Å². The smallest absolute Gasteiger partial charge is 0.347 e. The van der Waals surface area contributed by atoms with Crippen molar-refractivity contribution >= 4 is 27.6 Å². The van der Waals surface area contributed by atoms with Crippen LogP contribution < -0.4 is 15.2 Å². The Bertz CT molecular complexity index is 1040. The second-order valence-electron chi connectivity index (χ2n) is 6.89. The largest absolute Gasteiger partial charge is 0.463 e. The summed E-state index contributed by atoms with van der Waals surface area (Å²) < 4.78 is 40.5. The van der Waals surface area contributed by atoms with Gasteiger partial charge in [0.25, 0.3) is 0 Å². The minimum absolute atomic E-state index is 0.0372. The third-order valence-corrected chi connectivity index (χ3v) is 5.22. The quantitative estimate of drug-likeness (QED) is 0.381. The average Bonchev–Trinajstić information content (AvgIpc) is 2.74. The third kappa shape index (κ3) is 6.96. The van der Waals surface area contributed by atoms with E-state index >= 15 is 0 Å². The predicted molar refractivity (Wildman–Crippen MR) is 119 cm³/mol. The highest BCUT2D eigenvalue weighted by Gasteiger charge is 2.26. The third-order valence-electron chi connectivity index (χ3n) is 4.31. The molecule has 174 valence electrons. The van der Waals surface area contributed by atoms with E-state index in [9.17, 15) is 18.0 Å². The molecule has 2 rings (SSSR count). The molecule has 0 fully saturated rings. The first-order chi connectivity index (χ1) is 15.2. The first kappa shape index (κ1) is 25.2. The van der Waals surface area contributed by atoms with Crippen LogP contribution in [-0.4, -0.2) is 39.6 Å². The fourth-order valence-corrected chi connectivity index (χ4v) is 3.41. The number of sulfonamides is 1. The number of carbonyl (C=O) groups excluding carboxylic acids is 2. The van der Waals surface area contributed by atoms with Crippen molar-refractivity contribution in [2.45, 2.75) is 44.6 Å². The van der Waals surface area contributed by atoms with Crippen molar-refractivity contribution in [2.24, 2.45) is 5.14 Å². The molecule has 9 nitrogen and oxygen atoms in total. The summed E-state index contributed by atoms with van der Waals surface area (Å²) in [5, 5.41) is 8.53. The predicted octanol–water partition coefficient (Wildman–Crippen LogP) is 3.45. The van der Waals surface area contributed by atoms with Crippen LogP contribution in [0.5, 0.6) is 11.5 Å². The van der Waals surface area contributed by atoms with Gasteiger partial charge in [-0.15, -0.1) is 0 Å². The van der Waals surface area contributed by atoms with E-state index < -0.39 is 33.0 Å². The maximum Gasteiger partial charge on any atom is 0.347 e. The Kier molecular flexibility index (Phi) is 9.03. The molecule has 0 unspecified atom stereocenters. The molecular formula is C22H28N2O7S. The van der Waals surface area contributed by atoms with E-state index in [1.807, 2.05) is 6.92 Å². The van der Waals surface area contributed by atoms with Crippen molar-refractivity contribution in [1.29, 1.82) is 0 Å². The van der Waals surface area contributed by atoms with Crippen molar-refractivity contribution in [2.75, 3.05) is 18.5 Å². The number of hydrogen-bond donors (Lipinski definition) is 2. The monoisotopic (exact) mass is 464 g/mol. The Morgan fingerprint density at radius 1 is 1.12 bits per heavy atom. The molecule has 0 radical (unpaired) electrons. The van der Waals surface area contributed by atoms with Gasteiger partial charge in [0.15, 0.2) is 11.9 Å². The molecule has 0 bridgehead atoms. The van der Waals surface area contributed by atoms with Crippen LogP contribution in [0.2, 0.25) is 0 Å². The highest BCUT2D eigenvalue weighted by Crippen LogP contribution is 2.37. The molecule has 0 aliphatic rings. The molecule has 1 atom stereocenters. The number of esters is 2. The standard InChI is InChI=1S/C22H28N2O7S/c1-4-6-12-24-18-13-16(22(26)30-15(3)21(25)29-5-2)14-19(32(23,27)28)20(18)31-17-10-8-7-9-11-17/h7-11,13-15,24H,4-6,12H2,1-3H3,(H2,23,27,28)/t15-/m0/s1. The van der Waals surface area contributed by atoms with Crippen molar-refractivity contribution in [3.05, 3.63) is 48.0 Å². The lowest BCUT2D eigenvalue weighted by Gasteiger charge is -2.18. The Hall–Kier alpha value is -3.11. The Labute approximate surface area is 187 Å². The van der Waals surface area contributed by atoms with Gasteiger partial charge in [0.05, 0.1) is 17.9 Å². The van der Waals surface area contributed by atoms with Gasteiger partial charge in [-0.1, -0.05) is 31.5 Å². The molecule has 0 aliphatic heterocycles. The highest BCUT2D eigenvalue weighted by atomic mass is 32.2. The molecule has 0 spiro atoms. The van der Waals surface area contributed by atoms with Gasteiger partial charge in [0, 0.05) is 6.54 Å². The van der Waals surface area contributed by atoms with Crippen molar-refractivity contribution in [3.8, 4) is 11.5 Å². The summed E-state index contributed by atoms with van der Waals surface area (Å²) in [4.78, 5) is 24.1. The number of primary sulfonamides is 1. The first-order valence-electron chi connectivity index (χ1n) is 10.2. The van der Waals surface area contributed by atoms with Gasteiger partial charge in [-0.3, -0.25) is 0 Å². The van der Waals surface area contributed by atoms with Crippen LogP contribution in [0.15, 0.2) is 47.4 Å². The molecule has 10 heteroatoms. The Morgan fingerprint density at radius 2 is 1.81 bits per heavy atom. The molecule has 0 amide bonds. The minimum Gasteiger partial charge on any atom is -0.463 e. The van der Waals surface area contributed by atoms with E-state index in [2.05, 4.69) is 5.32 Å². The Balaban J connectivity index is 2.51. The number of ether oxygens (including phenoxy) is 3. The summed E-state index contributed by atoms with van der Waals surface area (Å²) in [6, 6.07) is 11.1. The van der Waals surface area contributed by atoms with Gasteiger partial charge in [0.2, 0.25) is 10.0 Å². The van der Waals surface area contributed by atoms with Crippen molar-refractivity contribution < 1.29 is 32.2 Å². The molecule has 32 heavy (non-hydrogen) atoms. The number of unbranched alkanes of at least 4 members (excludes halogenated alkanes) is 1. The van der Waals surface area contributed by atoms with Gasteiger partial charge in [-0.2, -0.15) is 0 Å². The number of nitrogens with two attached hydrogens (primary N) is 1. The number of rotatable bonds is 11. The van der Waals surface area contributed by atoms with Gasteiger partial charge in [-0.25, -0.2) is 23.1 Å². The van der Waals surface area contributed by atoms with E-state index in [1.165, 1.54) is 13.0 Å². The van der Waals surface area contributed by atoms with E-state index in [-0.39, 0.29) is 23.6 Å². The van der Waals surface area contributed by atoms with E-state index in [0.717, 1.165) is 18.9 Å². The van der Waals surface area contributed by atoms with Gasteiger partial charge >= 0.3 is 11.9 Å². The summed E-state index contributed by atoms with van der Waals surface area (Å²) in [6.45, 7) is 5.63. The van der Waals surface area contributed by atoms with Crippen LogP contribution in [0.3, 0.4) is 0 Å². The lowest BCUT2D eigenvalue weighted by atomic mass is 10.1. The minimum atomic E-state index is -4.28. The van der Waals surface area contributed by atoms with Crippen molar-refractivity contribution in [1.82, 2.24) is 0 Å². The molecule has 2 aromatic rings. The molecule has 2 aromatic carbocycles. The van der Waals surface area contributed by atoms with Crippen LogP contribution in [0, 0.1) is 0 Å². The second kappa shape index (κ2) is 11.5. The van der Waals surface area contributed by atoms with Crippen LogP contribution in [0.1, 0.15) is 44.0 Å². The lowest BCUT2D eigenvalue weighted by Crippen LogP contribution is -2.26. The molecule has 0 aromatic heterocycles. The number of carbonyl (C=O) groups is 2. The topological polar surface area (TPSA) is 134 Å². The van der Waals surface area contributed by atoms with Gasteiger partial charge in [0.1, 0.15) is 10.6 Å². The Morgan fingerprint density at radius 3 is 2.41 bits per heavy atom. The zero-order chi connectivity index (χ0) is 23.7. The van der Waals surface area contributed by atoms with Crippen LogP contribution in [-0.2, 0) is 24.3 Å². The van der Waals surface area contributed by atoms with Gasteiger partial charge < -0.3 is 19.5 Å². The summed E-state index contributed by atoms with van der Waals surface area (Å²) in [7, 11) is -4.28. The highest BCUT2D eigenvalue weighted by molar-refractivity contribution is 7.89. The zero-order valence-corrected chi connectivity index (χ0v) is 19.1. The van der Waals surface area contributed by atoms with Crippen molar-refractivity contribution in [3.63, 3.8) is 0 Å². The summed E-state index contributed by atoms with van der Waals surface area (Å²) in [6.07, 6.45) is 0.518.